The molecule has 29 heavy (non-hydrogen) atoms. The number of ether oxygens (including phenoxy) is 1. The number of aliphatic hydroxyl groups is 1. The van der Waals surface area contributed by atoms with E-state index >= 15 is 0 Å². The number of hydrogen-bond donors (Lipinski definition) is 3. The van der Waals surface area contributed by atoms with Crippen molar-refractivity contribution in [1.82, 2.24) is 4.72 Å². The maximum atomic E-state index is 12.3. The summed E-state index contributed by atoms with van der Waals surface area (Å²) in [7, 11) is -3.28. The van der Waals surface area contributed by atoms with Crippen molar-refractivity contribution in [3.05, 3.63) is 29.8 Å². The highest BCUT2D eigenvalue weighted by Crippen LogP contribution is 2.32. The molecule has 6 nitrogen and oxygen atoms in total. The van der Waals surface area contributed by atoms with Crippen molar-refractivity contribution in [2.45, 2.75) is 75.7 Å². The second kappa shape index (κ2) is 8.92. The molecule has 1 aromatic rings. The van der Waals surface area contributed by atoms with E-state index in [1.807, 2.05) is 24.3 Å². The summed E-state index contributed by atoms with van der Waals surface area (Å²) in [4.78, 5) is 0. The molecule has 1 saturated carbocycles. The molecule has 0 radical (unpaired) electrons. The summed E-state index contributed by atoms with van der Waals surface area (Å²) in [5, 5.41) is 14.3. The molecule has 1 aliphatic carbocycles. The molecule has 1 aromatic carbocycles. The largest absolute Gasteiger partial charge is 0.385 e. The Hall–Kier alpha value is -1.15. The van der Waals surface area contributed by atoms with E-state index in [1.165, 1.54) is 0 Å². The number of rotatable bonds is 6. The van der Waals surface area contributed by atoms with Crippen LogP contribution in [0.1, 0.15) is 64.9 Å². The second-order valence-electron chi connectivity index (χ2n) is 9.55. The van der Waals surface area contributed by atoms with Gasteiger partial charge in [-0.2, -0.15) is 0 Å². The van der Waals surface area contributed by atoms with Crippen molar-refractivity contribution in [2.24, 2.45) is 5.92 Å². The third-order valence-corrected chi connectivity index (χ3v) is 8.57. The Morgan fingerprint density at radius 1 is 1.07 bits per heavy atom. The fraction of sp³-hybridized carbons (Fsp3) is 0.727. The van der Waals surface area contributed by atoms with Gasteiger partial charge in [-0.1, -0.05) is 12.1 Å². The summed E-state index contributed by atoms with van der Waals surface area (Å²) < 4.78 is 32.1. The van der Waals surface area contributed by atoms with Crippen molar-refractivity contribution >= 4 is 15.7 Å². The van der Waals surface area contributed by atoms with Crippen LogP contribution in [0.2, 0.25) is 0 Å². The minimum absolute atomic E-state index is 0.0509. The van der Waals surface area contributed by atoms with Gasteiger partial charge in [-0.3, -0.25) is 0 Å². The molecule has 3 rings (SSSR count). The predicted octanol–water partition coefficient (Wildman–Crippen LogP) is 3.37. The standard InChI is InChI=1S/C22H36N2O4S/c1-21(2,3)29(26,27)24-20-8-4-17(5-9-20)16-23-19-10-6-18(7-11-19)22(25)12-14-28-15-13-22/h6-7,10-11,17,20,23-25H,4-5,8-9,12-16H2,1-3H3. The average molecular weight is 425 g/mol. The Morgan fingerprint density at radius 3 is 2.21 bits per heavy atom. The molecule has 3 N–H and O–H groups in total. The van der Waals surface area contributed by atoms with Gasteiger partial charge in [-0.15, -0.1) is 0 Å². The van der Waals surface area contributed by atoms with Crippen molar-refractivity contribution < 1.29 is 18.3 Å². The summed E-state index contributed by atoms with van der Waals surface area (Å²) in [5.74, 6) is 0.546. The van der Waals surface area contributed by atoms with Gasteiger partial charge in [0, 0.05) is 44.3 Å². The Balaban J connectivity index is 1.45. The zero-order chi connectivity index (χ0) is 21.1. The molecule has 0 unspecified atom stereocenters. The normalized spacial score (nSPS) is 25.5. The lowest BCUT2D eigenvalue weighted by atomic mass is 9.86. The van der Waals surface area contributed by atoms with E-state index in [1.54, 1.807) is 20.8 Å². The van der Waals surface area contributed by atoms with Gasteiger partial charge in [0.05, 0.1) is 10.3 Å². The molecular weight excluding hydrogens is 388 g/mol. The van der Waals surface area contributed by atoms with Crippen LogP contribution in [0.3, 0.4) is 0 Å². The minimum Gasteiger partial charge on any atom is -0.385 e. The Morgan fingerprint density at radius 2 is 1.66 bits per heavy atom. The second-order valence-corrected chi connectivity index (χ2v) is 12.0. The first-order valence-corrected chi connectivity index (χ1v) is 12.2. The zero-order valence-electron chi connectivity index (χ0n) is 17.9. The van der Waals surface area contributed by atoms with Gasteiger partial charge in [0.15, 0.2) is 0 Å². The number of anilines is 1. The third kappa shape index (κ3) is 5.72. The van der Waals surface area contributed by atoms with Crippen molar-refractivity contribution in [1.29, 1.82) is 0 Å². The van der Waals surface area contributed by atoms with Crippen molar-refractivity contribution in [2.75, 3.05) is 25.1 Å². The van der Waals surface area contributed by atoms with E-state index in [9.17, 15) is 13.5 Å². The molecule has 2 aliphatic rings. The smallest absolute Gasteiger partial charge is 0.216 e. The first kappa shape index (κ1) is 22.5. The molecule has 2 fully saturated rings. The van der Waals surface area contributed by atoms with Gasteiger partial charge in [0.25, 0.3) is 0 Å². The Bertz CT molecular complexity index is 757. The summed E-state index contributed by atoms with van der Waals surface area (Å²) in [6.45, 7) is 7.29. The molecule has 7 heteroatoms. The van der Waals surface area contributed by atoms with E-state index in [2.05, 4.69) is 10.0 Å². The lowest BCUT2D eigenvalue weighted by Crippen LogP contribution is -2.46. The molecule has 164 valence electrons. The average Bonchev–Trinajstić information content (AvgIpc) is 2.67. The van der Waals surface area contributed by atoms with Gasteiger partial charge < -0.3 is 15.2 Å². The quantitative estimate of drug-likeness (QED) is 0.652. The Kier molecular flexibility index (Phi) is 6.93. The lowest BCUT2D eigenvalue weighted by Gasteiger charge is -2.33. The highest BCUT2D eigenvalue weighted by Gasteiger charge is 2.33. The molecule has 1 heterocycles. The SMILES string of the molecule is CC(C)(C)S(=O)(=O)NC1CCC(CNc2ccc(C3(O)CCOCC3)cc2)CC1. The van der Waals surface area contributed by atoms with Crippen LogP contribution >= 0.6 is 0 Å². The molecular formula is C22H36N2O4S. The first-order valence-electron chi connectivity index (χ1n) is 10.8. The topological polar surface area (TPSA) is 87.7 Å². The number of sulfonamides is 1. The number of hydrogen-bond acceptors (Lipinski definition) is 5. The van der Waals surface area contributed by atoms with Crippen LogP contribution in [0.15, 0.2) is 24.3 Å². The predicted molar refractivity (Wildman–Crippen MR) is 116 cm³/mol. The third-order valence-electron chi connectivity index (χ3n) is 6.31. The lowest BCUT2D eigenvalue weighted by molar-refractivity contribution is -0.0679. The first-order chi connectivity index (χ1) is 13.6. The van der Waals surface area contributed by atoms with Gasteiger partial charge in [0.2, 0.25) is 10.0 Å². The van der Waals surface area contributed by atoms with Crippen LogP contribution in [0, 0.1) is 5.92 Å². The summed E-state index contributed by atoms with van der Waals surface area (Å²) in [6.07, 6.45) is 5.08. The monoisotopic (exact) mass is 424 g/mol. The van der Waals surface area contributed by atoms with Crippen LogP contribution < -0.4 is 10.0 Å². The van der Waals surface area contributed by atoms with Crippen LogP contribution in [-0.4, -0.2) is 44.1 Å². The van der Waals surface area contributed by atoms with Gasteiger partial charge in [-0.25, -0.2) is 13.1 Å². The fourth-order valence-electron chi connectivity index (χ4n) is 4.04. The highest BCUT2D eigenvalue weighted by atomic mass is 32.2. The fourth-order valence-corrected chi connectivity index (χ4v) is 5.07. The van der Waals surface area contributed by atoms with E-state index < -0.39 is 20.4 Å². The summed E-state index contributed by atoms with van der Waals surface area (Å²) in [6, 6.07) is 8.13. The maximum Gasteiger partial charge on any atom is 0.216 e. The van der Waals surface area contributed by atoms with Crippen LogP contribution in [0.5, 0.6) is 0 Å². The van der Waals surface area contributed by atoms with E-state index in [-0.39, 0.29) is 6.04 Å². The van der Waals surface area contributed by atoms with Crippen LogP contribution in [0.25, 0.3) is 0 Å². The summed E-state index contributed by atoms with van der Waals surface area (Å²) >= 11 is 0. The number of benzene rings is 1. The van der Waals surface area contributed by atoms with E-state index in [0.717, 1.165) is 43.5 Å². The van der Waals surface area contributed by atoms with E-state index in [0.29, 0.717) is 32.0 Å². The summed E-state index contributed by atoms with van der Waals surface area (Å²) in [5.41, 5.74) is 1.24. The van der Waals surface area contributed by atoms with Gasteiger partial charge in [0.1, 0.15) is 0 Å². The number of nitrogens with one attached hydrogen (secondary N) is 2. The van der Waals surface area contributed by atoms with E-state index in [4.69, 9.17) is 4.74 Å². The van der Waals surface area contributed by atoms with Crippen LogP contribution in [-0.2, 0) is 20.4 Å². The van der Waals surface area contributed by atoms with Crippen molar-refractivity contribution in [3.63, 3.8) is 0 Å². The molecule has 0 bridgehead atoms. The molecule has 1 saturated heterocycles. The molecule has 0 amide bonds. The molecule has 0 atom stereocenters. The van der Waals surface area contributed by atoms with Crippen molar-refractivity contribution in [3.8, 4) is 0 Å². The zero-order valence-corrected chi connectivity index (χ0v) is 18.7. The minimum atomic E-state index is -3.28. The Labute approximate surface area is 175 Å². The van der Waals surface area contributed by atoms with Crippen LogP contribution in [0.4, 0.5) is 5.69 Å². The molecule has 0 aromatic heterocycles. The molecule has 0 spiro atoms. The van der Waals surface area contributed by atoms with Gasteiger partial charge >= 0.3 is 0 Å². The van der Waals surface area contributed by atoms with Gasteiger partial charge in [-0.05, 0) is 70.1 Å². The molecule has 1 aliphatic heterocycles. The highest BCUT2D eigenvalue weighted by molar-refractivity contribution is 7.90. The maximum absolute atomic E-state index is 12.3.